The van der Waals surface area contributed by atoms with Gasteiger partial charge in [-0.05, 0) is 23.8 Å². The van der Waals surface area contributed by atoms with Crippen LogP contribution in [0, 0.1) is 10.1 Å². The molecule has 3 aromatic carbocycles. The van der Waals surface area contributed by atoms with E-state index in [9.17, 15) is 14.9 Å². The van der Waals surface area contributed by atoms with Gasteiger partial charge < -0.3 is 4.74 Å². The molecule has 0 aromatic heterocycles. The summed E-state index contributed by atoms with van der Waals surface area (Å²) in [6, 6.07) is 21.1. The van der Waals surface area contributed by atoms with Crippen molar-refractivity contribution in [3.8, 4) is 5.75 Å². The Balaban J connectivity index is 1.62. The molecule has 0 radical (unpaired) electrons. The highest BCUT2D eigenvalue weighted by atomic mass is 35.5. The Morgan fingerprint density at radius 1 is 1.09 bits per heavy atom. The maximum Gasteiger partial charge on any atom is 0.270 e. The van der Waals surface area contributed by atoms with Crippen molar-refractivity contribution in [2.24, 2.45) is 0 Å². The molecule has 1 heterocycles. The Kier molecular flexibility index (Phi) is 7.08. The van der Waals surface area contributed by atoms with Crippen LogP contribution in [0.25, 0.3) is 6.08 Å². The number of halogens is 1. The fourth-order valence-corrected chi connectivity index (χ4v) is 4.64. The van der Waals surface area contributed by atoms with Gasteiger partial charge >= 0.3 is 0 Å². The van der Waals surface area contributed by atoms with E-state index < -0.39 is 4.92 Å². The summed E-state index contributed by atoms with van der Waals surface area (Å²) in [5, 5.41) is 11.9. The van der Waals surface area contributed by atoms with Gasteiger partial charge in [0.1, 0.15) is 16.7 Å². The van der Waals surface area contributed by atoms with Crippen LogP contribution in [0.3, 0.4) is 0 Å². The second-order valence-electron chi connectivity index (χ2n) is 7.11. The third kappa shape index (κ3) is 5.42. The highest BCUT2D eigenvalue weighted by Crippen LogP contribution is 2.36. The lowest BCUT2D eigenvalue weighted by atomic mass is 10.1. The number of benzene rings is 3. The number of thioether (sulfide) groups is 1. The van der Waals surface area contributed by atoms with Gasteiger partial charge in [-0.2, -0.15) is 0 Å². The van der Waals surface area contributed by atoms with E-state index in [1.54, 1.807) is 12.1 Å². The quantitative estimate of drug-likeness (QED) is 0.167. The fraction of sp³-hybridized carbons (Fsp3) is 0.0833. The number of rotatable bonds is 7. The number of nitro groups is 1. The lowest BCUT2D eigenvalue weighted by Gasteiger charge is -2.14. The number of hydrogen-bond acceptors (Lipinski definition) is 6. The van der Waals surface area contributed by atoms with Crippen molar-refractivity contribution in [1.82, 2.24) is 4.90 Å². The Labute approximate surface area is 205 Å². The van der Waals surface area contributed by atoms with E-state index in [1.807, 2.05) is 48.5 Å². The predicted octanol–water partition coefficient (Wildman–Crippen LogP) is 6.23. The van der Waals surface area contributed by atoms with Crippen LogP contribution < -0.4 is 4.74 Å². The van der Waals surface area contributed by atoms with Gasteiger partial charge in [0.25, 0.3) is 11.6 Å². The molecule has 1 fully saturated rings. The molecule has 0 N–H and O–H groups in total. The Morgan fingerprint density at radius 3 is 2.55 bits per heavy atom. The molecule has 4 rings (SSSR count). The van der Waals surface area contributed by atoms with Gasteiger partial charge in [0.15, 0.2) is 0 Å². The van der Waals surface area contributed by atoms with Gasteiger partial charge in [0, 0.05) is 28.3 Å². The molecule has 166 valence electrons. The highest BCUT2D eigenvalue weighted by molar-refractivity contribution is 8.26. The van der Waals surface area contributed by atoms with E-state index in [2.05, 4.69) is 0 Å². The number of thiocarbonyl (C=S) groups is 1. The zero-order valence-corrected chi connectivity index (χ0v) is 19.5. The maximum atomic E-state index is 13.0. The first-order valence-corrected chi connectivity index (χ1v) is 11.5. The molecule has 0 saturated carbocycles. The van der Waals surface area contributed by atoms with Crippen molar-refractivity contribution in [1.29, 1.82) is 0 Å². The number of nitro benzene ring substituents is 1. The van der Waals surface area contributed by atoms with Crippen molar-refractivity contribution in [2.45, 2.75) is 13.2 Å². The molecule has 1 saturated heterocycles. The lowest BCUT2D eigenvalue weighted by molar-refractivity contribution is -0.384. The summed E-state index contributed by atoms with van der Waals surface area (Å²) in [5.41, 5.74) is 2.04. The molecule has 9 heteroatoms. The van der Waals surface area contributed by atoms with Gasteiger partial charge in [-0.1, -0.05) is 84.1 Å². The van der Waals surface area contributed by atoms with Crippen LogP contribution in [0.4, 0.5) is 5.69 Å². The van der Waals surface area contributed by atoms with Crippen LogP contribution in [-0.4, -0.2) is 20.1 Å². The molecule has 6 nitrogen and oxygen atoms in total. The summed E-state index contributed by atoms with van der Waals surface area (Å²) in [6.07, 6.45) is 1.58. The summed E-state index contributed by atoms with van der Waals surface area (Å²) in [6.45, 7) is 0.529. The van der Waals surface area contributed by atoms with Crippen LogP contribution in [0.15, 0.2) is 77.7 Å². The zero-order chi connectivity index (χ0) is 23.4. The van der Waals surface area contributed by atoms with Gasteiger partial charge in [-0.25, -0.2) is 0 Å². The first kappa shape index (κ1) is 23.0. The van der Waals surface area contributed by atoms with E-state index in [1.165, 1.54) is 23.1 Å². The van der Waals surface area contributed by atoms with Crippen LogP contribution >= 0.6 is 35.6 Å². The Morgan fingerprint density at radius 2 is 1.82 bits per heavy atom. The average Bonchev–Trinajstić information content (AvgIpc) is 3.07. The number of amides is 1. The smallest absolute Gasteiger partial charge is 0.270 e. The Hall–Kier alpha value is -3.20. The molecule has 0 unspecified atom stereocenters. The predicted molar refractivity (Wildman–Crippen MR) is 134 cm³/mol. The zero-order valence-electron chi connectivity index (χ0n) is 17.1. The van der Waals surface area contributed by atoms with Crippen molar-refractivity contribution in [3.05, 3.63) is 110 Å². The molecule has 3 aromatic rings. The minimum absolute atomic E-state index is 0.105. The topological polar surface area (TPSA) is 72.7 Å². The van der Waals surface area contributed by atoms with E-state index in [4.69, 9.17) is 28.6 Å². The molecule has 0 aliphatic carbocycles. The number of ether oxygens (including phenoxy) is 1. The van der Waals surface area contributed by atoms with E-state index in [0.717, 1.165) is 22.9 Å². The first-order chi connectivity index (χ1) is 15.9. The van der Waals surface area contributed by atoms with Crippen LogP contribution in [-0.2, 0) is 17.9 Å². The minimum atomic E-state index is -0.490. The monoisotopic (exact) mass is 496 g/mol. The summed E-state index contributed by atoms with van der Waals surface area (Å²) >= 11 is 12.8. The van der Waals surface area contributed by atoms with E-state index in [-0.39, 0.29) is 18.2 Å². The lowest BCUT2D eigenvalue weighted by Crippen LogP contribution is -2.27. The number of hydrogen-bond donors (Lipinski definition) is 0. The van der Waals surface area contributed by atoms with Gasteiger partial charge in [-0.15, -0.1) is 0 Å². The van der Waals surface area contributed by atoms with Crippen molar-refractivity contribution >= 4 is 57.6 Å². The second-order valence-corrected chi connectivity index (χ2v) is 9.20. The molecule has 1 aliphatic rings. The standard InChI is InChI=1S/C24H17ClN2O4S2/c25-20-9-5-4-8-17(20)15-31-21-11-10-19(27(29)30)12-18(21)13-22-23(28)26(24(32)33-22)14-16-6-2-1-3-7-16/h1-13H,14-15H2/b22-13+. The summed E-state index contributed by atoms with van der Waals surface area (Å²) < 4.78 is 6.34. The van der Waals surface area contributed by atoms with Gasteiger partial charge in [0.05, 0.1) is 16.4 Å². The van der Waals surface area contributed by atoms with Crippen molar-refractivity contribution < 1.29 is 14.5 Å². The third-order valence-corrected chi connectivity index (χ3v) is 6.64. The minimum Gasteiger partial charge on any atom is -0.488 e. The van der Waals surface area contributed by atoms with Crippen molar-refractivity contribution in [3.63, 3.8) is 0 Å². The summed E-state index contributed by atoms with van der Waals surface area (Å²) in [7, 11) is 0. The average molecular weight is 497 g/mol. The van der Waals surface area contributed by atoms with Gasteiger partial charge in [0.2, 0.25) is 0 Å². The molecular formula is C24H17ClN2O4S2. The summed E-state index contributed by atoms with van der Waals surface area (Å²) in [5.74, 6) is 0.145. The van der Waals surface area contributed by atoms with Crippen LogP contribution in [0.5, 0.6) is 5.75 Å². The SMILES string of the molecule is O=C1/C(=C\c2cc([N+](=O)[O-])ccc2OCc2ccccc2Cl)SC(=S)N1Cc1ccccc1. The highest BCUT2D eigenvalue weighted by Gasteiger charge is 2.32. The third-order valence-electron chi connectivity index (χ3n) is 4.89. The molecule has 33 heavy (non-hydrogen) atoms. The largest absolute Gasteiger partial charge is 0.488 e. The van der Waals surface area contributed by atoms with Crippen molar-refractivity contribution in [2.75, 3.05) is 0 Å². The molecule has 1 aliphatic heterocycles. The second kappa shape index (κ2) is 10.2. The molecule has 0 spiro atoms. The number of carbonyl (C=O) groups is 1. The van der Waals surface area contributed by atoms with E-state index >= 15 is 0 Å². The van der Waals surface area contributed by atoms with E-state index in [0.29, 0.717) is 32.1 Å². The number of carbonyl (C=O) groups excluding carboxylic acids is 1. The summed E-state index contributed by atoms with van der Waals surface area (Å²) in [4.78, 5) is 25.8. The molecule has 0 bridgehead atoms. The van der Waals surface area contributed by atoms with Gasteiger partial charge in [-0.3, -0.25) is 19.8 Å². The molecular weight excluding hydrogens is 480 g/mol. The molecule has 1 amide bonds. The fourth-order valence-electron chi connectivity index (χ4n) is 3.21. The maximum absolute atomic E-state index is 13.0. The normalized spacial score (nSPS) is 14.7. The number of nitrogens with zero attached hydrogens (tertiary/aromatic N) is 2. The Bertz CT molecular complexity index is 1260. The first-order valence-electron chi connectivity index (χ1n) is 9.86. The number of non-ortho nitro benzene ring substituents is 1. The van der Waals surface area contributed by atoms with Crippen LogP contribution in [0.1, 0.15) is 16.7 Å². The molecule has 0 atom stereocenters. The van der Waals surface area contributed by atoms with Crippen LogP contribution in [0.2, 0.25) is 5.02 Å².